The summed E-state index contributed by atoms with van der Waals surface area (Å²) < 4.78 is 6.46. The number of ether oxygens (including phenoxy) is 1. The summed E-state index contributed by atoms with van der Waals surface area (Å²) in [5.41, 5.74) is 7.55. The van der Waals surface area contributed by atoms with Gasteiger partial charge in [-0.3, -0.25) is 4.79 Å². The molecule has 1 fully saturated rings. The van der Waals surface area contributed by atoms with Gasteiger partial charge in [-0.25, -0.2) is 0 Å². The lowest BCUT2D eigenvalue weighted by Crippen LogP contribution is -2.48. The van der Waals surface area contributed by atoms with Crippen molar-refractivity contribution in [1.82, 2.24) is 0 Å². The average molecular weight is 313 g/mol. The fourth-order valence-corrected chi connectivity index (χ4v) is 2.37. The van der Waals surface area contributed by atoms with E-state index in [0.29, 0.717) is 26.1 Å². The van der Waals surface area contributed by atoms with E-state index < -0.39 is 6.10 Å². The normalized spacial score (nSPS) is 20.3. The van der Waals surface area contributed by atoms with Crippen LogP contribution in [-0.4, -0.2) is 31.7 Å². The van der Waals surface area contributed by atoms with Crippen LogP contribution in [0.5, 0.6) is 0 Å². The number of aryl methyl sites for hydroxylation is 1. The minimum absolute atomic E-state index is 0.00227. The Bertz CT molecular complexity index is 449. The molecule has 0 spiro atoms. The topological polar surface area (TPSA) is 55.6 Å². The van der Waals surface area contributed by atoms with Crippen molar-refractivity contribution in [2.75, 3.05) is 24.6 Å². The van der Waals surface area contributed by atoms with Gasteiger partial charge in [0.15, 0.2) is 0 Å². The lowest BCUT2D eigenvalue weighted by Gasteiger charge is -2.32. The molecule has 1 atom stereocenters. The van der Waals surface area contributed by atoms with Gasteiger partial charge in [0, 0.05) is 16.7 Å². The molecule has 1 unspecified atom stereocenters. The third-order valence-corrected chi connectivity index (χ3v) is 3.93. The zero-order valence-corrected chi connectivity index (χ0v) is 11.9. The van der Waals surface area contributed by atoms with Gasteiger partial charge in [0.05, 0.1) is 6.61 Å². The summed E-state index contributed by atoms with van der Waals surface area (Å²) in [5, 5.41) is 0. The monoisotopic (exact) mass is 312 g/mol. The highest BCUT2D eigenvalue weighted by Gasteiger charge is 2.29. The van der Waals surface area contributed by atoms with Crippen molar-refractivity contribution in [3.05, 3.63) is 28.2 Å². The van der Waals surface area contributed by atoms with Crippen molar-refractivity contribution < 1.29 is 9.53 Å². The molecular weight excluding hydrogens is 296 g/mol. The molecule has 0 bridgehead atoms. The van der Waals surface area contributed by atoms with Crippen LogP contribution in [0.4, 0.5) is 5.69 Å². The number of anilines is 1. The molecule has 2 N–H and O–H groups in total. The number of carbonyl (C=O) groups is 1. The van der Waals surface area contributed by atoms with Gasteiger partial charge in [-0.2, -0.15) is 0 Å². The quantitative estimate of drug-likeness (QED) is 0.926. The number of halogens is 1. The maximum atomic E-state index is 12.2. The first-order valence-electron chi connectivity index (χ1n) is 6.02. The fraction of sp³-hybridized carbons (Fsp3) is 0.462. The van der Waals surface area contributed by atoms with Crippen LogP contribution in [0.3, 0.4) is 0 Å². The van der Waals surface area contributed by atoms with Gasteiger partial charge < -0.3 is 15.4 Å². The second-order valence-electron chi connectivity index (χ2n) is 4.36. The Labute approximate surface area is 115 Å². The van der Waals surface area contributed by atoms with E-state index in [1.165, 1.54) is 0 Å². The number of nitrogens with zero attached hydrogens (tertiary/aromatic N) is 1. The van der Waals surface area contributed by atoms with Crippen LogP contribution in [0.1, 0.15) is 12.0 Å². The van der Waals surface area contributed by atoms with Crippen LogP contribution in [0.2, 0.25) is 0 Å². The van der Waals surface area contributed by atoms with Crippen molar-refractivity contribution in [2.24, 2.45) is 5.73 Å². The van der Waals surface area contributed by atoms with E-state index in [4.69, 9.17) is 10.5 Å². The zero-order chi connectivity index (χ0) is 13.1. The molecule has 1 aromatic rings. The summed E-state index contributed by atoms with van der Waals surface area (Å²) in [4.78, 5) is 14.0. The Kier molecular flexibility index (Phi) is 4.37. The minimum Gasteiger partial charge on any atom is -0.366 e. The number of rotatable bonds is 3. The molecule has 18 heavy (non-hydrogen) atoms. The van der Waals surface area contributed by atoms with Crippen molar-refractivity contribution in [3.8, 4) is 0 Å². The third-order valence-electron chi connectivity index (χ3n) is 3.07. The first kappa shape index (κ1) is 13.5. The molecule has 98 valence electrons. The van der Waals surface area contributed by atoms with Crippen LogP contribution in [0, 0.1) is 6.92 Å². The van der Waals surface area contributed by atoms with Gasteiger partial charge in [0.1, 0.15) is 6.10 Å². The summed E-state index contributed by atoms with van der Waals surface area (Å²) in [6.07, 6.45) is 0.173. The summed E-state index contributed by atoms with van der Waals surface area (Å²) in [7, 11) is 0. The number of nitrogens with two attached hydrogens (primary N) is 1. The standard InChI is InChI=1S/C13H17BrN2O2/c1-9-2-3-10(8-11(9)14)16-6-7-18-12(4-5-15)13(16)17/h2-3,8,12H,4-7,15H2,1H3. The maximum absolute atomic E-state index is 12.2. The Balaban J connectivity index is 2.21. The average Bonchev–Trinajstić information content (AvgIpc) is 2.36. The highest BCUT2D eigenvalue weighted by molar-refractivity contribution is 9.10. The Hall–Kier alpha value is -0.910. The number of morpholine rings is 1. The zero-order valence-electron chi connectivity index (χ0n) is 10.4. The van der Waals surface area contributed by atoms with Crippen LogP contribution in [0.25, 0.3) is 0 Å². The van der Waals surface area contributed by atoms with Gasteiger partial charge in [-0.1, -0.05) is 22.0 Å². The van der Waals surface area contributed by atoms with Crippen molar-refractivity contribution in [2.45, 2.75) is 19.4 Å². The first-order valence-corrected chi connectivity index (χ1v) is 6.82. The van der Waals surface area contributed by atoms with Crippen LogP contribution >= 0.6 is 15.9 Å². The van der Waals surface area contributed by atoms with Crippen LogP contribution in [0.15, 0.2) is 22.7 Å². The molecule has 5 heteroatoms. The maximum Gasteiger partial charge on any atom is 0.256 e. The molecule has 1 amide bonds. The molecule has 1 aromatic carbocycles. The highest BCUT2D eigenvalue weighted by Crippen LogP contribution is 2.25. The molecule has 1 saturated heterocycles. The van der Waals surface area contributed by atoms with Crippen molar-refractivity contribution in [3.63, 3.8) is 0 Å². The largest absolute Gasteiger partial charge is 0.366 e. The summed E-state index contributed by atoms with van der Waals surface area (Å²) in [6.45, 7) is 3.63. The molecule has 0 saturated carbocycles. The third kappa shape index (κ3) is 2.74. The molecule has 1 heterocycles. The Morgan fingerprint density at radius 1 is 1.56 bits per heavy atom. The van der Waals surface area contributed by atoms with Gasteiger partial charge >= 0.3 is 0 Å². The van der Waals surface area contributed by atoms with E-state index >= 15 is 0 Å². The lowest BCUT2D eigenvalue weighted by atomic mass is 10.1. The van der Waals surface area contributed by atoms with Gasteiger partial charge in [-0.05, 0) is 37.6 Å². The Morgan fingerprint density at radius 2 is 2.33 bits per heavy atom. The first-order chi connectivity index (χ1) is 8.63. The van der Waals surface area contributed by atoms with E-state index in [1.807, 2.05) is 25.1 Å². The van der Waals surface area contributed by atoms with Crippen LogP contribution < -0.4 is 10.6 Å². The van der Waals surface area contributed by atoms with E-state index in [2.05, 4.69) is 15.9 Å². The SMILES string of the molecule is Cc1ccc(N2CCOC(CCN)C2=O)cc1Br. The minimum atomic E-state index is -0.399. The number of hydrogen-bond acceptors (Lipinski definition) is 3. The van der Waals surface area contributed by atoms with E-state index in [-0.39, 0.29) is 5.91 Å². The fourth-order valence-electron chi connectivity index (χ4n) is 2.01. The predicted octanol–water partition coefficient (Wildman–Crippen LogP) is 1.84. The summed E-state index contributed by atoms with van der Waals surface area (Å²) >= 11 is 3.49. The second-order valence-corrected chi connectivity index (χ2v) is 5.21. The molecule has 4 nitrogen and oxygen atoms in total. The smallest absolute Gasteiger partial charge is 0.256 e. The van der Waals surface area contributed by atoms with Gasteiger partial charge in [0.25, 0.3) is 5.91 Å². The van der Waals surface area contributed by atoms with Crippen molar-refractivity contribution >= 4 is 27.5 Å². The number of hydrogen-bond donors (Lipinski definition) is 1. The molecule has 0 radical (unpaired) electrons. The molecule has 0 aromatic heterocycles. The molecule has 2 rings (SSSR count). The van der Waals surface area contributed by atoms with Crippen molar-refractivity contribution in [1.29, 1.82) is 0 Å². The molecule has 0 aliphatic carbocycles. The summed E-state index contributed by atoms with van der Waals surface area (Å²) in [5.74, 6) is 0.00227. The number of carbonyl (C=O) groups excluding carboxylic acids is 1. The van der Waals surface area contributed by atoms with E-state index in [9.17, 15) is 4.79 Å². The Morgan fingerprint density at radius 3 is 3.00 bits per heavy atom. The van der Waals surface area contributed by atoms with E-state index in [1.54, 1.807) is 4.90 Å². The number of amides is 1. The van der Waals surface area contributed by atoms with E-state index in [0.717, 1.165) is 15.7 Å². The molecular formula is C13H17BrN2O2. The van der Waals surface area contributed by atoms with Crippen LogP contribution in [-0.2, 0) is 9.53 Å². The predicted molar refractivity (Wildman–Crippen MR) is 74.6 cm³/mol. The molecule has 1 aliphatic rings. The number of benzene rings is 1. The van der Waals surface area contributed by atoms with Gasteiger partial charge in [-0.15, -0.1) is 0 Å². The summed E-state index contributed by atoms with van der Waals surface area (Å²) in [6, 6.07) is 5.93. The highest BCUT2D eigenvalue weighted by atomic mass is 79.9. The second kappa shape index (κ2) is 5.82. The van der Waals surface area contributed by atoms with Gasteiger partial charge in [0.2, 0.25) is 0 Å². The lowest BCUT2D eigenvalue weighted by molar-refractivity contribution is -0.134. The molecule has 1 aliphatic heterocycles.